The fourth-order valence-corrected chi connectivity index (χ4v) is 2.07. The summed E-state index contributed by atoms with van der Waals surface area (Å²) in [5, 5.41) is 9.24. The molecular weight excluding hydrogens is 268 g/mol. The third-order valence-electron chi connectivity index (χ3n) is 2.14. The first kappa shape index (κ1) is 13.1. The monoisotopic (exact) mass is 282 g/mol. The smallest absolute Gasteiger partial charge is 0.127 e. The highest BCUT2D eigenvalue weighted by atomic mass is 79.9. The van der Waals surface area contributed by atoms with E-state index in [1.54, 1.807) is 0 Å². The van der Waals surface area contributed by atoms with Gasteiger partial charge in [0, 0.05) is 16.5 Å². The summed E-state index contributed by atoms with van der Waals surface area (Å²) in [5.41, 5.74) is 1.82. The minimum Gasteiger partial charge on any atom is -0.492 e. The van der Waals surface area contributed by atoms with Crippen molar-refractivity contribution < 1.29 is 9.84 Å². The van der Waals surface area contributed by atoms with Crippen LogP contribution in [0.15, 0.2) is 16.6 Å². The fraction of sp³-hybridized carbons (Fsp3) is 0.385. The summed E-state index contributed by atoms with van der Waals surface area (Å²) in [4.78, 5) is 0. The van der Waals surface area contributed by atoms with Gasteiger partial charge in [-0.1, -0.05) is 15.9 Å². The van der Waals surface area contributed by atoms with Crippen molar-refractivity contribution in [2.24, 2.45) is 0 Å². The van der Waals surface area contributed by atoms with Gasteiger partial charge in [0.25, 0.3) is 0 Å². The van der Waals surface area contributed by atoms with Gasteiger partial charge >= 0.3 is 0 Å². The Balaban J connectivity index is 2.80. The summed E-state index contributed by atoms with van der Waals surface area (Å²) in [6.07, 6.45) is 0.705. The van der Waals surface area contributed by atoms with Crippen molar-refractivity contribution >= 4 is 15.9 Å². The average molecular weight is 283 g/mol. The number of hydrogen-bond acceptors (Lipinski definition) is 2. The van der Waals surface area contributed by atoms with Gasteiger partial charge in [-0.15, -0.1) is 11.8 Å². The Morgan fingerprint density at radius 3 is 2.81 bits per heavy atom. The number of aryl methyl sites for hydroxylation is 1. The zero-order valence-corrected chi connectivity index (χ0v) is 11.1. The van der Waals surface area contributed by atoms with Gasteiger partial charge < -0.3 is 9.84 Å². The van der Waals surface area contributed by atoms with Gasteiger partial charge in [-0.05, 0) is 31.5 Å². The highest BCUT2D eigenvalue weighted by molar-refractivity contribution is 9.10. The summed E-state index contributed by atoms with van der Waals surface area (Å²) in [5.74, 6) is 6.53. The Bertz CT molecular complexity index is 416. The molecule has 0 unspecified atom stereocenters. The van der Waals surface area contributed by atoms with E-state index < -0.39 is 0 Å². The summed E-state index contributed by atoms with van der Waals surface area (Å²) in [6.45, 7) is 4.31. The number of benzene rings is 1. The molecule has 86 valence electrons. The molecule has 1 aromatic carbocycles. The van der Waals surface area contributed by atoms with Gasteiger partial charge in [0.2, 0.25) is 0 Å². The van der Waals surface area contributed by atoms with Gasteiger partial charge in [-0.25, -0.2) is 0 Å². The molecule has 0 amide bonds. The predicted molar refractivity (Wildman–Crippen MR) is 68.4 cm³/mol. The molecule has 0 spiro atoms. The van der Waals surface area contributed by atoms with Crippen LogP contribution in [0.25, 0.3) is 0 Å². The quantitative estimate of drug-likeness (QED) is 0.680. The van der Waals surface area contributed by atoms with Crippen LogP contribution in [0.3, 0.4) is 0 Å². The zero-order valence-electron chi connectivity index (χ0n) is 9.51. The highest BCUT2D eigenvalue weighted by Gasteiger charge is 2.07. The molecule has 0 fully saturated rings. The van der Waals surface area contributed by atoms with Crippen LogP contribution >= 0.6 is 15.9 Å². The van der Waals surface area contributed by atoms with Crippen LogP contribution in [0.2, 0.25) is 0 Å². The molecule has 0 heterocycles. The molecule has 0 aliphatic carbocycles. The standard InChI is InChI=1S/C13H15BrO2/c1-3-4-5-6-16-13-10(2)7-12(14)8-11(13)9-15/h7-8,15H,5-6,9H2,1-2H3. The number of rotatable bonds is 4. The molecule has 0 saturated heterocycles. The molecule has 2 nitrogen and oxygen atoms in total. The Hall–Kier alpha value is -0.980. The van der Waals surface area contributed by atoms with Crippen LogP contribution in [-0.4, -0.2) is 11.7 Å². The first-order valence-electron chi connectivity index (χ1n) is 5.11. The molecule has 0 aliphatic rings. The first-order valence-corrected chi connectivity index (χ1v) is 5.90. The van der Waals surface area contributed by atoms with Gasteiger partial charge in [-0.3, -0.25) is 0 Å². The Kier molecular flexibility index (Phi) is 5.37. The van der Waals surface area contributed by atoms with E-state index in [9.17, 15) is 5.11 Å². The molecule has 0 radical (unpaired) electrons. The lowest BCUT2D eigenvalue weighted by atomic mass is 10.1. The van der Waals surface area contributed by atoms with Crippen molar-refractivity contribution in [3.8, 4) is 17.6 Å². The van der Waals surface area contributed by atoms with Gasteiger partial charge in [0.15, 0.2) is 0 Å². The van der Waals surface area contributed by atoms with E-state index in [1.807, 2.05) is 26.0 Å². The molecule has 16 heavy (non-hydrogen) atoms. The molecule has 3 heteroatoms. The number of hydrogen-bond donors (Lipinski definition) is 1. The molecule has 1 N–H and O–H groups in total. The largest absolute Gasteiger partial charge is 0.492 e. The van der Waals surface area contributed by atoms with Crippen LogP contribution in [0.4, 0.5) is 0 Å². The summed E-state index contributed by atoms with van der Waals surface area (Å²) in [7, 11) is 0. The zero-order chi connectivity index (χ0) is 12.0. The van der Waals surface area contributed by atoms with Crippen molar-refractivity contribution in [3.05, 3.63) is 27.7 Å². The molecule has 0 bridgehead atoms. The third kappa shape index (κ3) is 3.55. The first-order chi connectivity index (χ1) is 7.69. The van der Waals surface area contributed by atoms with E-state index in [4.69, 9.17) is 4.74 Å². The maximum atomic E-state index is 9.24. The second-order valence-corrected chi connectivity index (χ2v) is 4.31. The number of ether oxygens (including phenoxy) is 1. The normalized spacial score (nSPS) is 9.50. The van der Waals surface area contributed by atoms with Gasteiger partial charge in [0.1, 0.15) is 5.75 Å². The van der Waals surface area contributed by atoms with Crippen LogP contribution in [0.1, 0.15) is 24.5 Å². The topological polar surface area (TPSA) is 29.5 Å². The highest BCUT2D eigenvalue weighted by Crippen LogP contribution is 2.28. The Morgan fingerprint density at radius 2 is 2.19 bits per heavy atom. The predicted octanol–water partition coefficient (Wildman–Crippen LogP) is 3.04. The van der Waals surface area contributed by atoms with E-state index in [0.717, 1.165) is 21.3 Å². The van der Waals surface area contributed by atoms with E-state index in [1.165, 1.54) is 0 Å². The maximum absolute atomic E-state index is 9.24. The van der Waals surface area contributed by atoms with Crippen LogP contribution in [-0.2, 0) is 6.61 Å². The van der Waals surface area contributed by atoms with E-state index in [2.05, 4.69) is 27.8 Å². The minimum atomic E-state index is -0.0188. The molecule has 0 saturated carbocycles. The molecular formula is C13H15BrO2. The SMILES string of the molecule is CC#CCCOc1c(C)cc(Br)cc1CO. The Morgan fingerprint density at radius 1 is 1.44 bits per heavy atom. The molecule has 0 aliphatic heterocycles. The third-order valence-corrected chi connectivity index (χ3v) is 2.59. The van der Waals surface area contributed by atoms with E-state index in [0.29, 0.717) is 13.0 Å². The average Bonchev–Trinajstić information content (AvgIpc) is 2.26. The summed E-state index contributed by atoms with van der Waals surface area (Å²) in [6, 6.07) is 3.84. The second kappa shape index (κ2) is 6.57. The molecule has 0 aromatic heterocycles. The molecule has 1 rings (SSSR count). The number of halogens is 1. The summed E-state index contributed by atoms with van der Waals surface area (Å²) >= 11 is 3.39. The minimum absolute atomic E-state index is 0.0188. The van der Waals surface area contributed by atoms with Crippen molar-refractivity contribution in [3.63, 3.8) is 0 Å². The lowest BCUT2D eigenvalue weighted by molar-refractivity contribution is 0.264. The van der Waals surface area contributed by atoms with Crippen molar-refractivity contribution in [2.75, 3.05) is 6.61 Å². The lowest BCUT2D eigenvalue weighted by Gasteiger charge is -2.12. The van der Waals surface area contributed by atoms with Crippen molar-refractivity contribution in [1.29, 1.82) is 0 Å². The van der Waals surface area contributed by atoms with Crippen molar-refractivity contribution in [2.45, 2.75) is 26.9 Å². The second-order valence-electron chi connectivity index (χ2n) is 3.39. The fourth-order valence-electron chi connectivity index (χ4n) is 1.45. The van der Waals surface area contributed by atoms with Crippen LogP contribution in [0, 0.1) is 18.8 Å². The summed E-state index contributed by atoms with van der Waals surface area (Å²) < 4.78 is 6.59. The lowest BCUT2D eigenvalue weighted by Crippen LogP contribution is -2.01. The molecule has 0 atom stereocenters. The number of aliphatic hydroxyl groups is 1. The number of aliphatic hydroxyl groups excluding tert-OH is 1. The van der Waals surface area contributed by atoms with Crippen LogP contribution in [0.5, 0.6) is 5.75 Å². The Labute approximate surface area is 105 Å². The maximum Gasteiger partial charge on any atom is 0.127 e. The van der Waals surface area contributed by atoms with E-state index >= 15 is 0 Å². The van der Waals surface area contributed by atoms with Gasteiger partial charge in [0.05, 0.1) is 13.2 Å². The van der Waals surface area contributed by atoms with E-state index in [-0.39, 0.29) is 6.61 Å². The molecule has 1 aromatic rings. The van der Waals surface area contributed by atoms with Crippen molar-refractivity contribution in [1.82, 2.24) is 0 Å². The van der Waals surface area contributed by atoms with Gasteiger partial charge in [-0.2, -0.15) is 0 Å². The van der Waals surface area contributed by atoms with Crippen LogP contribution < -0.4 is 4.74 Å².